The molecule has 0 aliphatic heterocycles. The first kappa shape index (κ1) is 20.5. The molecule has 9 nitrogen and oxygen atoms in total. The maximum absolute atomic E-state index is 12.4. The maximum atomic E-state index is 12.4. The van der Waals surface area contributed by atoms with Crippen molar-refractivity contribution in [2.24, 2.45) is 7.05 Å². The fraction of sp³-hybridized carbons (Fsp3) is 0.615. The van der Waals surface area contributed by atoms with E-state index in [0.717, 1.165) is 0 Å². The summed E-state index contributed by atoms with van der Waals surface area (Å²) in [4.78, 5) is 22.4. The number of aromatic nitrogens is 2. The topological polar surface area (TPSA) is 130 Å². The summed E-state index contributed by atoms with van der Waals surface area (Å²) in [6.07, 6.45) is 0. The average molecular weight is 378 g/mol. The van der Waals surface area contributed by atoms with E-state index in [4.69, 9.17) is 5.11 Å². The number of rotatable bonds is 9. The molecular formula is C13H22N4O5S2. The third-order valence-electron chi connectivity index (χ3n) is 3.21. The predicted octanol–water partition coefficient (Wildman–Crippen LogP) is -0.362. The highest BCUT2D eigenvalue weighted by Crippen LogP contribution is 2.18. The van der Waals surface area contributed by atoms with Gasteiger partial charge >= 0.3 is 5.97 Å². The quantitative estimate of drug-likeness (QED) is 0.500. The summed E-state index contributed by atoms with van der Waals surface area (Å²) >= 11 is 1.17. The van der Waals surface area contributed by atoms with Gasteiger partial charge in [0.15, 0.2) is 0 Å². The van der Waals surface area contributed by atoms with E-state index < -0.39 is 27.9 Å². The smallest absolute Gasteiger partial charge is 0.313 e. The first-order valence-corrected chi connectivity index (χ1v) is 9.79. The van der Waals surface area contributed by atoms with E-state index in [-0.39, 0.29) is 17.2 Å². The van der Waals surface area contributed by atoms with E-state index in [2.05, 4.69) is 15.1 Å². The molecule has 3 N–H and O–H groups in total. The zero-order valence-electron chi connectivity index (χ0n) is 14.0. The monoisotopic (exact) mass is 378 g/mol. The molecule has 1 atom stereocenters. The van der Waals surface area contributed by atoms with Crippen molar-refractivity contribution in [1.29, 1.82) is 0 Å². The molecule has 1 unspecified atom stereocenters. The summed E-state index contributed by atoms with van der Waals surface area (Å²) in [7, 11) is -2.22. The molecule has 11 heteroatoms. The van der Waals surface area contributed by atoms with Crippen molar-refractivity contribution in [3.8, 4) is 0 Å². The van der Waals surface area contributed by atoms with Gasteiger partial charge in [-0.2, -0.15) is 9.82 Å². The lowest BCUT2D eigenvalue weighted by Crippen LogP contribution is -2.45. The summed E-state index contributed by atoms with van der Waals surface area (Å²) in [5, 5.41) is 15.1. The van der Waals surface area contributed by atoms with Crippen molar-refractivity contribution >= 4 is 33.7 Å². The van der Waals surface area contributed by atoms with Crippen LogP contribution in [0.1, 0.15) is 18.3 Å². The number of aryl methyl sites for hydroxylation is 2. The zero-order chi connectivity index (χ0) is 18.5. The normalized spacial score (nSPS) is 12.8. The molecule has 1 aromatic rings. The molecule has 1 heterocycles. The molecular weight excluding hydrogens is 356 g/mol. The second-order valence-electron chi connectivity index (χ2n) is 5.20. The Morgan fingerprint density at radius 3 is 2.50 bits per heavy atom. The molecule has 0 fully saturated rings. The summed E-state index contributed by atoms with van der Waals surface area (Å²) < 4.78 is 28.7. The Bertz CT molecular complexity index is 714. The van der Waals surface area contributed by atoms with Gasteiger partial charge in [-0.05, 0) is 20.8 Å². The third-order valence-corrected chi connectivity index (χ3v) is 5.94. The fourth-order valence-corrected chi connectivity index (χ4v) is 4.25. The number of hydrogen-bond donors (Lipinski definition) is 3. The molecule has 1 amide bonds. The van der Waals surface area contributed by atoms with Crippen LogP contribution in [0.3, 0.4) is 0 Å². The van der Waals surface area contributed by atoms with Crippen LogP contribution in [0.15, 0.2) is 4.90 Å². The van der Waals surface area contributed by atoms with Crippen LogP contribution in [0.4, 0.5) is 0 Å². The van der Waals surface area contributed by atoms with Gasteiger partial charge in [-0.25, -0.2) is 8.42 Å². The molecule has 0 spiro atoms. The van der Waals surface area contributed by atoms with Gasteiger partial charge in [0, 0.05) is 19.3 Å². The Morgan fingerprint density at radius 1 is 1.38 bits per heavy atom. The largest absolute Gasteiger partial charge is 0.481 e. The van der Waals surface area contributed by atoms with Crippen molar-refractivity contribution < 1.29 is 23.1 Å². The molecule has 24 heavy (non-hydrogen) atoms. The molecule has 0 aromatic carbocycles. The Kier molecular flexibility index (Phi) is 7.24. The van der Waals surface area contributed by atoms with Gasteiger partial charge < -0.3 is 10.4 Å². The molecule has 0 bridgehead atoms. The van der Waals surface area contributed by atoms with Gasteiger partial charge in [0.2, 0.25) is 15.9 Å². The van der Waals surface area contributed by atoms with Gasteiger partial charge in [0.1, 0.15) is 4.90 Å². The van der Waals surface area contributed by atoms with Crippen LogP contribution in [-0.2, 0) is 26.7 Å². The highest BCUT2D eigenvalue weighted by molar-refractivity contribution is 7.99. The number of carbonyl (C=O) groups is 2. The zero-order valence-corrected chi connectivity index (χ0v) is 15.6. The van der Waals surface area contributed by atoms with Crippen LogP contribution in [0.5, 0.6) is 0 Å². The third kappa shape index (κ3) is 5.49. The van der Waals surface area contributed by atoms with Crippen molar-refractivity contribution in [3.63, 3.8) is 0 Å². The Labute approximate surface area is 145 Å². The van der Waals surface area contributed by atoms with E-state index in [1.165, 1.54) is 23.4 Å². The lowest BCUT2D eigenvalue weighted by molar-refractivity contribution is -0.133. The van der Waals surface area contributed by atoms with Crippen LogP contribution in [-0.4, -0.2) is 59.3 Å². The van der Waals surface area contributed by atoms with Crippen molar-refractivity contribution in [2.75, 3.05) is 18.1 Å². The second kappa shape index (κ2) is 8.49. The molecule has 0 aliphatic rings. The van der Waals surface area contributed by atoms with E-state index in [1.54, 1.807) is 20.9 Å². The molecule has 136 valence electrons. The maximum Gasteiger partial charge on any atom is 0.313 e. The minimum atomic E-state index is -3.87. The molecule has 1 rings (SSSR count). The number of sulfonamides is 1. The van der Waals surface area contributed by atoms with Crippen LogP contribution in [0, 0.1) is 13.8 Å². The van der Waals surface area contributed by atoms with E-state index >= 15 is 0 Å². The van der Waals surface area contributed by atoms with E-state index in [1.807, 2.05) is 0 Å². The van der Waals surface area contributed by atoms with E-state index in [9.17, 15) is 18.0 Å². The number of nitrogens with zero attached hydrogens (tertiary/aromatic N) is 2. The summed E-state index contributed by atoms with van der Waals surface area (Å²) in [6.45, 7) is 4.93. The van der Waals surface area contributed by atoms with Crippen molar-refractivity contribution in [3.05, 3.63) is 11.4 Å². The number of amides is 1. The first-order chi connectivity index (χ1) is 11.1. The van der Waals surface area contributed by atoms with Crippen LogP contribution in [0.25, 0.3) is 0 Å². The average Bonchev–Trinajstić information content (AvgIpc) is 2.70. The summed E-state index contributed by atoms with van der Waals surface area (Å²) in [5.41, 5.74) is 0.845. The van der Waals surface area contributed by atoms with Crippen molar-refractivity contribution in [1.82, 2.24) is 19.8 Å². The first-order valence-electron chi connectivity index (χ1n) is 7.16. The highest BCUT2D eigenvalue weighted by atomic mass is 32.2. The summed E-state index contributed by atoms with van der Waals surface area (Å²) in [5.74, 6) is -1.01. The highest BCUT2D eigenvalue weighted by Gasteiger charge is 2.27. The number of aliphatic carboxylic acids is 1. The molecule has 1 aromatic heterocycles. The van der Waals surface area contributed by atoms with E-state index in [0.29, 0.717) is 17.1 Å². The van der Waals surface area contributed by atoms with Crippen LogP contribution in [0.2, 0.25) is 0 Å². The minimum absolute atomic E-state index is 0.0440. The lowest BCUT2D eigenvalue weighted by atomic mass is 10.3. The standard InChI is InChI=1S/C13H22N4O5S2/c1-8-12(10(3)17(4)15-8)24(21,22)16-9(2)13(20)14-5-6-23-7-11(18)19/h9,16H,5-7H2,1-4H3,(H,14,20)(H,18,19). The lowest BCUT2D eigenvalue weighted by Gasteiger charge is -2.14. The van der Waals surface area contributed by atoms with Crippen molar-refractivity contribution in [2.45, 2.75) is 31.7 Å². The number of carboxylic acids is 1. The van der Waals surface area contributed by atoms with Gasteiger partial charge in [0.25, 0.3) is 0 Å². The molecule has 0 saturated carbocycles. The van der Waals surface area contributed by atoms with Crippen LogP contribution >= 0.6 is 11.8 Å². The number of nitrogens with one attached hydrogen (secondary N) is 2. The van der Waals surface area contributed by atoms with Gasteiger partial charge in [-0.15, -0.1) is 11.8 Å². The Hall–Kier alpha value is -1.59. The van der Waals surface area contributed by atoms with Crippen LogP contribution < -0.4 is 10.0 Å². The minimum Gasteiger partial charge on any atom is -0.481 e. The number of carboxylic acid groups (broad SMARTS) is 1. The Morgan fingerprint density at radius 2 is 2.00 bits per heavy atom. The molecule has 0 saturated heterocycles. The molecule has 0 aliphatic carbocycles. The SMILES string of the molecule is Cc1nn(C)c(C)c1S(=O)(=O)NC(C)C(=O)NCCSCC(=O)O. The number of hydrogen-bond acceptors (Lipinski definition) is 6. The second-order valence-corrected chi connectivity index (χ2v) is 7.96. The van der Waals surface area contributed by atoms with Gasteiger partial charge in [-0.3, -0.25) is 14.3 Å². The number of thioether (sulfide) groups is 1. The van der Waals surface area contributed by atoms with Gasteiger partial charge in [-0.1, -0.05) is 0 Å². The van der Waals surface area contributed by atoms with Gasteiger partial charge in [0.05, 0.1) is 23.2 Å². The summed E-state index contributed by atoms with van der Waals surface area (Å²) in [6, 6.07) is -0.960. The fourth-order valence-electron chi connectivity index (χ4n) is 2.05. The predicted molar refractivity (Wildman–Crippen MR) is 90.4 cm³/mol. The number of carbonyl (C=O) groups excluding carboxylic acids is 1. The Balaban J connectivity index is 2.61. The molecule has 0 radical (unpaired) electrons.